The van der Waals surface area contributed by atoms with Gasteiger partial charge in [0.05, 0.1) is 11.1 Å². The SMILES string of the molecule is CSC(C)NS(=O)(=O)CCCCCC(C)C. The van der Waals surface area contributed by atoms with Crippen LogP contribution in [0.4, 0.5) is 0 Å². The fraction of sp³-hybridized carbons (Fsp3) is 1.00. The second-order valence-corrected chi connectivity index (χ2v) is 7.61. The Bertz CT molecular complexity index is 263. The van der Waals surface area contributed by atoms with Gasteiger partial charge in [-0.2, -0.15) is 0 Å². The van der Waals surface area contributed by atoms with Gasteiger partial charge in [-0.05, 0) is 25.5 Å². The van der Waals surface area contributed by atoms with E-state index in [4.69, 9.17) is 0 Å². The summed E-state index contributed by atoms with van der Waals surface area (Å²) in [7, 11) is -3.06. The summed E-state index contributed by atoms with van der Waals surface area (Å²) in [5.74, 6) is 0.974. The van der Waals surface area contributed by atoms with Crippen molar-refractivity contribution in [3.05, 3.63) is 0 Å². The molecule has 0 heterocycles. The summed E-state index contributed by atoms with van der Waals surface area (Å²) in [6, 6.07) is 0. The molecular weight excluding hydrogens is 242 g/mol. The highest BCUT2D eigenvalue weighted by atomic mass is 32.2. The van der Waals surface area contributed by atoms with Crippen molar-refractivity contribution in [1.29, 1.82) is 0 Å². The predicted octanol–water partition coefficient (Wildman–Crippen LogP) is 2.83. The molecule has 0 aromatic carbocycles. The first-order chi connectivity index (χ1) is 7.37. The Morgan fingerprint density at radius 2 is 1.75 bits per heavy atom. The third-order valence-electron chi connectivity index (χ3n) is 2.39. The maximum Gasteiger partial charge on any atom is 0.212 e. The molecule has 1 N–H and O–H groups in total. The van der Waals surface area contributed by atoms with Gasteiger partial charge in [0.25, 0.3) is 0 Å². The molecular formula is C11H25NO2S2. The third-order valence-corrected chi connectivity index (χ3v) is 4.91. The first-order valence-corrected chi connectivity index (χ1v) is 8.84. The van der Waals surface area contributed by atoms with Crippen molar-refractivity contribution < 1.29 is 8.42 Å². The third kappa shape index (κ3) is 9.48. The zero-order chi connectivity index (χ0) is 12.6. The van der Waals surface area contributed by atoms with Gasteiger partial charge in [-0.1, -0.05) is 33.1 Å². The first kappa shape index (κ1) is 16.3. The van der Waals surface area contributed by atoms with Gasteiger partial charge in [0.15, 0.2) is 0 Å². The topological polar surface area (TPSA) is 46.2 Å². The molecule has 0 aliphatic carbocycles. The van der Waals surface area contributed by atoms with E-state index in [1.807, 2.05) is 13.2 Å². The Morgan fingerprint density at radius 3 is 2.25 bits per heavy atom. The highest BCUT2D eigenvalue weighted by Crippen LogP contribution is 2.09. The molecule has 5 heteroatoms. The van der Waals surface area contributed by atoms with Gasteiger partial charge in [-0.25, -0.2) is 13.1 Å². The van der Waals surface area contributed by atoms with Crippen LogP contribution in [0.1, 0.15) is 46.5 Å². The van der Waals surface area contributed by atoms with Crippen LogP contribution >= 0.6 is 11.8 Å². The van der Waals surface area contributed by atoms with Gasteiger partial charge in [-0.3, -0.25) is 0 Å². The number of hydrogen-bond donors (Lipinski definition) is 1. The van der Waals surface area contributed by atoms with E-state index in [1.54, 1.807) is 0 Å². The quantitative estimate of drug-likeness (QED) is 0.516. The largest absolute Gasteiger partial charge is 0.212 e. The van der Waals surface area contributed by atoms with Gasteiger partial charge in [0.1, 0.15) is 0 Å². The van der Waals surface area contributed by atoms with Crippen molar-refractivity contribution in [1.82, 2.24) is 4.72 Å². The molecule has 0 rings (SSSR count). The predicted molar refractivity (Wildman–Crippen MR) is 73.2 cm³/mol. The summed E-state index contributed by atoms with van der Waals surface area (Å²) in [5.41, 5.74) is 0. The molecule has 0 spiro atoms. The van der Waals surface area contributed by atoms with Crippen molar-refractivity contribution in [2.45, 2.75) is 51.8 Å². The molecule has 0 saturated heterocycles. The van der Waals surface area contributed by atoms with Crippen molar-refractivity contribution >= 4 is 21.8 Å². The molecule has 0 aromatic heterocycles. The van der Waals surface area contributed by atoms with Crippen molar-refractivity contribution in [2.75, 3.05) is 12.0 Å². The molecule has 0 aromatic rings. The maximum absolute atomic E-state index is 11.6. The number of unbranched alkanes of at least 4 members (excludes halogenated alkanes) is 2. The molecule has 1 unspecified atom stereocenters. The summed E-state index contributed by atoms with van der Waals surface area (Å²) in [4.78, 5) is 0. The molecule has 0 aliphatic rings. The lowest BCUT2D eigenvalue weighted by molar-refractivity contribution is 0.530. The van der Waals surface area contributed by atoms with E-state index in [-0.39, 0.29) is 11.1 Å². The molecule has 1 atom stereocenters. The molecule has 0 aliphatic heterocycles. The number of thioether (sulfide) groups is 1. The number of hydrogen-bond acceptors (Lipinski definition) is 3. The van der Waals surface area contributed by atoms with Gasteiger partial charge in [0.2, 0.25) is 10.0 Å². The number of sulfonamides is 1. The Kier molecular flexibility index (Phi) is 8.50. The van der Waals surface area contributed by atoms with E-state index in [2.05, 4.69) is 18.6 Å². The summed E-state index contributed by atoms with van der Waals surface area (Å²) in [6.07, 6.45) is 5.99. The lowest BCUT2D eigenvalue weighted by Gasteiger charge is -2.11. The van der Waals surface area contributed by atoms with Gasteiger partial charge in [0, 0.05) is 0 Å². The van der Waals surface area contributed by atoms with Crippen LogP contribution in [0.15, 0.2) is 0 Å². The maximum atomic E-state index is 11.6. The first-order valence-electron chi connectivity index (χ1n) is 5.90. The monoisotopic (exact) mass is 267 g/mol. The smallest absolute Gasteiger partial charge is 0.212 e. The van der Waals surface area contributed by atoms with E-state index in [0.29, 0.717) is 5.92 Å². The molecule has 0 amide bonds. The van der Waals surface area contributed by atoms with E-state index < -0.39 is 10.0 Å². The van der Waals surface area contributed by atoms with Crippen LogP contribution in [0, 0.1) is 5.92 Å². The average Bonchev–Trinajstić information content (AvgIpc) is 2.15. The Balaban J connectivity index is 3.67. The van der Waals surface area contributed by atoms with Gasteiger partial charge in [-0.15, -0.1) is 11.8 Å². The summed E-state index contributed by atoms with van der Waals surface area (Å²) >= 11 is 1.51. The average molecular weight is 267 g/mol. The van der Waals surface area contributed by atoms with Crippen LogP contribution in [-0.2, 0) is 10.0 Å². The number of rotatable bonds is 9. The van der Waals surface area contributed by atoms with Crippen LogP contribution < -0.4 is 4.72 Å². The minimum absolute atomic E-state index is 0.0272. The minimum atomic E-state index is -3.06. The van der Waals surface area contributed by atoms with Crippen LogP contribution in [0.25, 0.3) is 0 Å². The van der Waals surface area contributed by atoms with Crippen molar-refractivity contribution in [3.63, 3.8) is 0 Å². The van der Waals surface area contributed by atoms with E-state index in [1.165, 1.54) is 18.2 Å². The highest BCUT2D eigenvalue weighted by molar-refractivity contribution is 8.00. The Morgan fingerprint density at radius 1 is 1.12 bits per heavy atom. The highest BCUT2D eigenvalue weighted by Gasteiger charge is 2.12. The molecule has 3 nitrogen and oxygen atoms in total. The molecule has 0 saturated carbocycles. The molecule has 0 radical (unpaired) electrons. The second-order valence-electron chi connectivity index (χ2n) is 4.56. The fourth-order valence-corrected chi connectivity index (χ4v) is 3.41. The summed E-state index contributed by atoms with van der Waals surface area (Å²) < 4.78 is 25.8. The minimum Gasteiger partial charge on any atom is -0.212 e. The zero-order valence-corrected chi connectivity index (χ0v) is 12.5. The van der Waals surface area contributed by atoms with Crippen molar-refractivity contribution in [2.24, 2.45) is 5.92 Å². The fourth-order valence-electron chi connectivity index (χ4n) is 1.38. The van der Waals surface area contributed by atoms with Crippen LogP contribution in [0.3, 0.4) is 0 Å². The van der Waals surface area contributed by atoms with E-state index in [0.717, 1.165) is 19.3 Å². The lowest BCUT2D eigenvalue weighted by atomic mass is 10.1. The van der Waals surface area contributed by atoms with Gasteiger partial charge < -0.3 is 0 Å². The van der Waals surface area contributed by atoms with E-state index in [9.17, 15) is 8.42 Å². The number of nitrogens with one attached hydrogen (secondary N) is 1. The Hall–Kier alpha value is 0.260. The standard InChI is InChI=1S/C11H25NO2S2/c1-10(2)8-6-5-7-9-16(13,14)12-11(3)15-4/h10-12H,5-9H2,1-4H3. The van der Waals surface area contributed by atoms with Crippen LogP contribution in [0.5, 0.6) is 0 Å². The zero-order valence-electron chi connectivity index (χ0n) is 10.8. The van der Waals surface area contributed by atoms with E-state index >= 15 is 0 Å². The lowest BCUT2D eigenvalue weighted by Crippen LogP contribution is -2.32. The Labute approximate surface area is 105 Å². The van der Waals surface area contributed by atoms with Crippen molar-refractivity contribution in [3.8, 4) is 0 Å². The summed E-state index contributed by atoms with van der Waals surface area (Å²) in [5, 5.41) is -0.0272. The summed E-state index contributed by atoms with van der Waals surface area (Å²) in [6.45, 7) is 6.25. The second kappa shape index (κ2) is 8.37. The molecule has 16 heavy (non-hydrogen) atoms. The van der Waals surface area contributed by atoms with Crippen LogP contribution in [-0.4, -0.2) is 25.8 Å². The van der Waals surface area contributed by atoms with Gasteiger partial charge >= 0.3 is 0 Å². The molecule has 98 valence electrons. The van der Waals surface area contributed by atoms with Crippen LogP contribution in [0.2, 0.25) is 0 Å². The molecule has 0 bridgehead atoms. The normalized spacial score (nSPS) is 14.3. The molecule has 0 fully saturated rings.